The summed E-state index contributed by atoms with van der Waals surface area (Å²) in [5, 5.41) is 0. The highest BCUT2D eigenvalue weighted by Gasteiger charge is 2.10. The fraction of sp³-hybridized carbons (Fsp3) is 0.909. The van der Waals surface area contributed by atoms with E-state index < -0.39 is 0 Å². The molecule has 14 heavy (non-hydrogen) atoms. The molecular weight excluding hydrogens is 176 g/mol. The first-order valence-corrected chi connectivity index (χ1v) is 5.64. The molecule has 0 fully saturated rings. The Kier molecular flexibility index (Phi) is 7.71. The van der Waals surface area contributed by atoms with E-state index in [0.717, 1.165) is 26.2 Å². The van der Waals surface area contributed by atoms with Gasteiger partial charge in [-0.3, -0.25) is 14.6 Å². The Bertz CT molecular complexity index is 135. The largest absolute Gasteiger partial charge is 0.297 e. The zero-order valence-corrected chi connectivity index (χ0v) is 10.0. The number of hydrogen-bond acceptors (Lipinski definition) is 3. The van der Waals surface area contributed by atoms with Crippen molar-refractivity contribution in [2.45, 2.75) is 27.7 Å². The number of ketones is 1. The summed E-state index contributed by atoms with van der Waals surface area (Å²) in [6.45, 7) is 13.4. The number of carbonyl (C=O) groups excluding carboxylic acids is 1. The molecule has 0 saturated carbocycles. The van der Waals surface area contributed by atoms with E-state index >= 15 is 0 Å². The van der Waals surface area contributed by atoms with Gasteiger partial charge in [-0.1, -0.05) is 27.7 Å². The molecule has 84 valence electrons. The minimum absolute atomic E-state index is 0.331. The minimum Gasteiger partial charge on any atom is -0.297 e. The van der Waals surface area contributed by atoms with Gasteiger partial charge in [0.1, 0.15) is 0 Å². The predicted molar refractivity (Wildman–Crippen MR) is 60.6 cm³/mol. The molecule has 0 bridgehead atoms. The Morgan fingerprint density at radius 3 is 1.29 bits per heavy atom. The second-order valence-corrected chi connectivity index (χ2v) is 3.46. The van der Waals surface area contributed by atoms with Crippen LogP contribution in [-0.4, -0.2) is 54.9 Å². The van der Waals surface area contributed by atoms with Crippen molar-refractivity contribution in [2.24, 2.45) is 0 Å². The summed E-state index contributed by atoms with van der Waals surface area (Å²) in [5.41, 5.74) is 0. The molecule has 0 heterocycles. The highest BCUT2D eigenvalue weighted by molar-refractivity contribution is 5.82. The van der Waals surface area contributed by atoms with Crippen molar-refractivity contribution in [3.8, 4) is 0 Å². The molecule has 0 amide bonds. The zero-order valence-electron chi connectivity index (χ0n) is 10.0. The number of Topliss-reactive ketones (excluding diaryl/α,β-unsaturated/α-hetero) is 1. The van der Waals surface area contributed by atoms with E-state index in [0.29, 0.717) is 18.9 Å². The average Bonchev–Trinajstić information content (AvgIpc) is 2.22. The van der Waals surface area contributed by atoms with E-state index in [1.165, 1.54) is 0 Å². The molecule has 0 rings (SSSR count). The first-order chi connectivity index (χ1) is 6.67. The Morgan fingerprint density at radius 2 is 1.07 bits per heavy atom. The molecule has 0 aromatic rings. The van der Waals surface area contributed by atoms with Crippen molar-refractivity contribution in [3.05, 3.63) is 0 Å². The lowest BCUT2D eigenvalue weighted by molar-refractivity contribution is -0.121. The Hall–Kier alpha value is -0.410. The highest BCUT2D eigenvalue weighted by Crippen LogP contribution is 1.91. The van der Waals surface area contributed by atoms with E-state index in [4.69, 9.17) is 0 Å². The molecule has 0 aliphatic heterocycles. The molecule has 0 aliphatic carbocycles. The van der Waals surface area contributed by atoms with Crippen LogP contribution in [0.1, 0.15) is 27.7 Å². The summed E-state index contributed by atoms with van der Waals surface area (Å²) < 4.78 is 0. The van der Waals surface area contributed by atoms with E-state index in [1.54, 1.807) is 0 Å². The molecule has 0 aromatic heterocycles. The van der Waals surface area contributed by atoms with Crippen LogP contribution in [0.5, 0.6) is 0 Å². The SMILES string of the molecule is CCN(CC)CC(=O)CN(CC)CC. The molecule has 0 atom stereocenters. The van der Waals surface area contributed by atoms with Gasteiger partial charge in [-0.05, 0) is 26.2 Å². The Labute approximate surface area is 88.1 Å². The standard InChI is InChI=1S/C11H24N2O/c1-5-12(6-2)9-11(14)10-13(7-3)8-4/h5-10H2,1-4H3. The normalized spacial score (nSPS) is 11.3. The molecule has 3 heteroatoms. The Morgan fingerprint density at radius 1 is 0.786 bits per heavy atom. The van der Waals surface area contributed by atoms with Crippen LogP contribution in [0.25, 0.3) is 0 Å². The van der Waals surface area contributed by atoms with Crippen LogP contribution in [0, 0.1) is 0 Å². The summed E-state index contributed by atoms with van der Waals surface area (Å²) >= 11 is 0. The number of rotatable bonds is 8. The van der Waals surface area contributed by atoms with E-state index in [2.05, 4.69) is 37.5 Å². The molecule has 0 aromatic carbocycles. The van der Waals surface area contributed by atoms with Gasteiger partial charge in [-0.2, -0.15) is 0 Å². The fourth-order valence-electron chi connectivity index (χ4n) is 1.44. The third-order valence-electron chi connectivity index (χ3n) is 2.59. The van der Waals surface area contributed by atoms with Crippen molar-refractivity contribution in [1.29, 1.82) is 0 Å². The van der Waals surface area contributed by atoms with Gasteiger partial charge in [-0.25, -0.2) is 0 Å². The lowest BCUT2D eigenvalue weighted by Crippen LogP contribution is -2.37. The number of carbonyl (C=O) groups is 1. The maximum atomic E-state index is 11.6. The van der Waals surface area contributed by atoms with Gasteiger partial charge in [0.05, 0.1) is 13.1 Å². The fourth-order valence-corrected chi connectivity index (χ4v) is 1.44. The van der Waals surface area contributed by atoms with Gasteiger partial charge in [0, 0.05) is 0 Å². The zero-order chi connectivity index (χ0) is 11.0. The third-order valence-corrected chi connectivity index (χ3v) is 2.59. The van der Waals surface area contributed by atoms with Crippen molar-refractivity contribution < 1.29 is 4.79 Å². The predicted octanol–water partition coefficient (Wildman–Crippen LogP) is 1.24. The summed E-state index contributed by atoms with van der Waals surface area (Å²) in [6.07, 6.45) is 0. The maximum absolute atomic E-state index is 11.6. The highest BCUT2D eigenvalue weighted by atomic mass is 16.1. The first-order valence-electron chi connectivity index (χ1n) is 5.64. The van der Waals surface area contributed by atoms with Gasteiger partial charge < -0.3 is 0 Å². The monoisotopic (exact) mass is 200 g/mol. The average molecular weight is 200 g/mol. The number of nitrogens with zero attached hydrogens (tertiary/aromatic N) is 2. The van der Waals surface area contributed by atoms with Crippen molar-refractivity contribution >= 4 is 5.78 Å². The molecule has 0 unspecified atom stereocenters. The van der Waals surface area contributed by atoms with Crippen LogP contribution < -0.4 is 0 Å². The number of hydrogen-bond donors (Lipinski definition) is 0. The molecular formula is C11H24N2O. The molecule has 0 saturated heterocycles. The van der Waals surface area contributed by atoms with Crippen LogP contribution in [0.2, 0.25) is 0 Å². The molecule has 0 N–H and O–H groups in total. The van der Waals surface area contributed by atoms with Crippen LogP contribution in [0.3, 0.4) is 0 Å². The summed E-state index contributed by atoms with van der Waals surface area (Å²) in [5.74, 6) is 0.331. The smallest absolute Gasteiger partial charge is 0.160 e. The Balaban J connectivity index is 3.83. The van der Waals surface area contributed by atoms with E-state index in [-0.39, 0.29) is 0 Å². The van der Waals surface area contributed by atoms with E-state index in [1.807, 2.05) is 0 Å². The van der Waals surface area contributed by atoms with Gasteiger partial charge in [0.2, 0.25) is 0 Å². The van der Waals surface area contributed by atoms with Crippen molar-refractivity contribution in [1.82, 2.24) is 9.80 Å². The van der Waals surface area contributed by atoms with Gasteiger partial charge >= 0.3 is 0 Å². The van der Waals surface area contributed by atoms with E-state index in [9.17, 15) is 4.79 Å². The van der Waals surface area contributed by atoms with Crippen LogP contribution in [0.15, 0.2) is 0 Å². The second kappa shape index (κ2) is 7.94. The van der Waals surface area contributed by atoms with Crippen LogP contribution in [-0.2, 0) is 4.79 Å². The number of likely N-dealkylation sites (N-methyl/N-ethyl adjacent to an activating group) is 2. The lowest BCUT2D eigenvalue weighted by Gasteiger charge is -2.21. The van der Waals surface area contributed by atoms with Gasteiger partial charge in [0.15, 0.2) is 5.78 Å². The molecule has 0 radical (unpaired) electrons. The summed E-state index contributed by atoms with van der Waals surface area (Å²) in [6, 6.07) is 0. The first kappa shape index (κ1) is 13.6. The topological polar surface area (TPSA) is 23.6 Å². The lowest BCUT2D eigenvalue weighted by atomic mass is 10.3. The summed E-state index contributed by atoms with van der Waals surface area (Å²) in [7, 11) is 0. The van der Waals surface area contributed by atoms with Gasteiger partial charge in [-0.15, -0.1) is 0 Å². The van der Waals surface area contributed by atoms with Gasteiger partial charge in [0.25, 0.3) is 0 Å². The third kappa shape index (κ3) is 5.35. The summed E-state index contributed by atoms with van der Waals surface area (Å²) in [4.78, 5) is 15.9. The van der Waals surface area contributed by atoms with Crippen molar-refractivity contribution in [2.75, 3.05) is 39.3 Å². The molecule has 3 nitrogen and oxygen atoms in total. The van der Waals surface area contributed by atoms with Crippen LogP contribution in [0.4, 0.5) is 0 Å². The molecule has 0 spiro atoms. The maximum Gasteiger partial charge on any atom is 0.160 e. The minimum atomic E-state index is 0.331. The quantitative estimate of drug-likeness (QED) is 0.589. The van der Waals surface area contributed by atoms with Crippen molar-refractivity contribution in [3.63, 3.8) is 0 Å². The second-order valence-electron chi connectivity index (χ2n) is 3.46. The molecule has 0 aliphatic rings. The van der Waals surface area contributed by atoms with Crippen LogP contribution >= 0.6 is 0 Å².